The third-order valence-electron chi connectivity index (χ3n) is 5.15. The van der Waals surface area contributed by atoms with E-state index in [9.17, 15) is 33.9 Å². The first kappa shape index (κ1) is 30.6. The molecule has 0 aromatic heterocycles. The van der Waals surface area contributed by atoms with Gasteiger partial charge in [0.15, 0.2) is 1.41 Å². The molecule has 0 aromatic rings. The quantitative estimate of drug-likeness (QED) is 0.0905. The Labute approximate surface area is 211 Å². The zero-order valence-electron chi connectivity index (χ0n) is 22.0. The number of unbranched alkanes of at least 4 members (excludes halogenated alkanes) is 3. The predicted molar refractivity (Wildman–Crippen MR) is 128 cm³/mol. The summed E-state index contributed by atoms with van der Waals surface area (Å²) in [6.07, 6.45) is 3.46. The number of hydrogen-bond acceptors (Lipinski definition) is 8. The number of aliphatic carboxylic acids is 2. The van der Waals surface area contributed by atoms with E-state index in [1.165, 1.54) is 6.92 Å². The van der Waals surface area contributed by atoms with E-state index in [1.54, 1.807) is 0 Å². The molecule has 4 atom stereocenters. The molecule has 4 amide bonds. The highest BCUT2D eigenvalue weighted by atomic mass is 16.5. The first-order valence-electron chi connectivity index (χ1n) is 12.2. The van der Waals surface area contributed by atoms with Gasteiger partial charge in [-0.3, -0.25) is 19.2 Å². The van der Waals surface area contributed by atoms with Crippen molar-refractivity contribution in [2.75, 3.05) is 13.7 Å². The summed E-state index contributed by atoms with van der Waals surface area (Å²) in [5.74, 6) is -4.87. The third-order valence-corrected chi connectivity index (χ3v) is 5.15. The Morgan fingerprint density at radius 1 is 0.944 bits per heavy atom. The molecular formula is C22H39N5O9. The van der Waals surface area contributed by atoms with Gasteiger partial charge in [-0.1, -0.05) is 26.2 Å². The van der Waals surface area contributed by atoms with E-state index >= 15 is 0 Å². The van der Waals surface area contributed by atoms with E-state index in [4.69, 9.17) is 12.3 Å². The van der Waals surface area contributed by atoms with Gasteiger partial charge in [0.2, 0.25) is 11.8 Å². The highest BCUT2D eigenvalue weighted by Crippen LogP contribution is 2.06. The van der Waals surface area contributed by atoms with Crippen molar-refractivity contribution in [1.82, 2.24) is 21.3 Å². The Hall–Kier alpha value is -3.42. The lowest BCUT2D eigenvalue weighted by atomic mass is 10.0. The van der Waals surface area contributed by atoms with Gasteiger partial charge in [0, 0.05) is 6.42 Å². The SMILES string of the molecule is [2H]N(C(=O)NCC(NC(=O)CCCCCC)C(=O)O)[C@@H](CCCC(N)C(=O)OC)C(=O)N[C@@H](C)C(=O)O. The molecule has 14 heteroatoms. The Morgan fingerprint density at radius 3 is 2.17 bits per heavy atom. The maximum atomic E-state index is 12.6. The van der Waals surface area contributed by atoms with E-state index in [0.29, 0.717) is 6.42 Å². The molecule has 0 saturated carbocycles. The van der Waals surface area contributed by atoms with Crippen LogP contribution in [0, 0.1) is 0 Å². The number of hydrogen-bond donors (Lipinski definition) is 7. The Bertz CT molecular complexity index is 799. The molecule has 0 bridgehead atoms. The third kappa shape index (κ3) is 14.1. The monoisotopic (exact) mass is 518 g/mol. The number of nitrogens with two attached hydrogens (primary N) is 1. The van der Waals surface area contributed by atoms with E-state index in [-0.39, 0.29) is 31.0 Å². The van der Waals surface area contributed by atoms with Crippen molar-refractivity contribution in [2.45, 2.75) is 89.4 Å². The number of urea groups is 1. The molecule has 0 spiro atoms. The largest absolute Gasteiger partial charge is 0.480 e. The predicted octanol–water partition coefficient (Wildman–Crippen LogP) is -0.546. The van der Waals surface area contributed by atoms with Gasteiger partial charge in [-0.25, -0.2) is 9.59 Å². The minimum absolute atomic E-state index is 0.0613. The fraction of sp³-hybridized carbons (Fsp3) is 0.727. The van der Waals surface area contributed by atoms with Gasteiger partial charge in [0.1, 0.15) is 24.2 Å². The molecule has 0 rings (SSSR count). The number of ether oxygens (including phenoxy) is 1. The number of nitrogens with one attached hydrogen (secondary N) is 4. The average molecular weight is 519 g/mol. The van der Waals surface area contributed by atoms with E-state index in [0.717, 1.165) is 26.4 Å². The van der Waals surface area contributed by atoms with Gasteiger partial charge >= 0.3 is 23.9 Å². The minimum atomic E-state index is -1.48. The van der Waals surface area contributed by atoms with Crippen molar-refractivity contribution < 1.29 is 45.1 Å². The van der Waals surface area contributed by atoms with Crippen molar-refractivity contribution in [3.8, 4) is 0 Å². The van der Waals surface area contributed by atoms with E-state index in [2.05, 4.69) is 20.7 Å². The van der Waals surface area contributed by atoms with Gasteiger partial charge < -0.3 is 41.9 Å². The molecule has 0 radical (unpaired) electrons. The maximum Gasteiger partial charge on any atom is 0.328 e. The van der Waals surface area contributed by atoms with Gasteiger partial charge in [-0.15, -0.1) is 0 Å². The topological polar surface area (TPSA) is 226 Å². The number of carboxylic acid groups (broad SMARTS) is 2. The standard InChI is InChI=1S/C22H39N5O9/c1-4-5-6-7-11-17(28)26-16(20(32)33)12-24-22(35)27-15(18(29)25-13(2)19(30)31)10-8-9-14(23)21(34)36-3/h13-16H,4-12,23H2,1-3H3,(H,25,29)(H,26,28)(H,30,31)(H,32,33)(H2,24,27,35)/t13-,14?,15-,16?/m0/s1/i/hD. The highest BCUT2D eigenvalue weighted by Gasteiger charge is 2.26. The first-order valence-corrected chi connectivity index (χ1v) is 11.8. The van der Waals surface area contributed by atoms with Crippen LogP contribution in [0.3, 0.4) is 0 Å². The summed E-state index contributed by atoms with van der Waals surface area (Å²) in [7, 11) is 1.15. The summed E-state index contributed by atoms with van der Waals surface area (Å²) in [4.78, 5) is 71.2. The Balaban J connectivity index is 5.20. The second-order valence-electron chi connectivity index (χ2n) is 8.23. The van der Waals surface area contributed by atoms with Gasteiger partial charge in [-0.05, 0) is 32.6 Å². The zero-order chi connectivity index (χ0) is 28.5. The lowest BCUT2D eigenvalue weighted by Crippen LogP contribution is -2.55. The van der Waals surface area contributed by atoms with Crippen LogP contribution in [0.5, 0.6) is 0 Å². The summed E-state index contributed by atoms with van der Waals surface area (Å²) in [6.45, 7) is 2.65. The number of amides is 4. The molecule has 0 fully saturated rings. The molecule has 0 aromatic carbocycles. The molecule has 0 aliphatic heterocycles. The van der Waals surface area contributed by atoms with Crippen LogP contribution in [0.25, 0.3) is 0 Å². The lowest BCUT2D eigenvalue weighted by Gasteiger charge is -2.21. The molecule has 14 nitrogen and oxygen atoms in total. The van der Waals surface area contributed by atoms with Crippen LogP contribution >= 0.6 is 0 Å². The first-order chi connectivity index (χ1) is 17.3. The smallest absolute Gasteiger partial charge is 0.328 e. The van der Waals surface area contributed by atoms with Crippen LogP contribution in [-0.4, -0.2) is 83.8 Å². The van der Waals surface area contributed by atoms with Gasteiger partial charge in [-0.2, -0.15) is 0 Å². The van der Waals surface area contributed by atoms with Crippen LogP contribution in [-0.2, 0) is 28.7 Å². The van der Waals surface area contributed by atoms with Crippen molar-refractivity contribution >= 4 is 35.8 Å². The zero-order valence-corrected chi connectivity index (χ0v) is 21.0. The number of methoxy groups -OCH3 is 1. The molecule has 36 heavy (non-hydrogen) atoms. The van der Waals surface area contributed by atoms with Gasteiger partial charge in [0.05, 0.1) is 13.7 Å². The molecule has 2 unspecified atom stereocenters. The van der Waals surface area contributed by atoms with Crippen molar-refractivity contribution in [2.24, 2.45) is 5.73 Å². The number of carbonyl (C=O) groups is 6. The van der Waals surface area contributed by atoms with Crippen LogP contribution in [0.1, 0.15) is 65.2 Å². The molecule has 0 aliphatic carbocycles. The number of rotatable bonds is 18. The normalized spacial score (nSPS) is 14.3. The van der Waals surface area contributed by atoms with Gasteiger partial charge in [0.25, 0.3) is 0 Å². The summed E-state index contributed by atoms with van der Waals surface area (Å²) in [5, 5.41) is 25.3. The molecule has 8 N–H and O–H groups in total. The van der Waals surface area contributed by atoms with E-state index < -0.39 is 66.5 Å². The van der Waals surface area contributed by atoms with E-state index in [1.807, 2.05) is 6.92 Å². The summed E-state index contributed by atoms with van der Waals surface area (Å²) in [6, 6.07) is -6.41. The average Bonchev–Trinajstić information content (AvgIpc) is 2.85. The second kappa shape index (κ2) is 17.9. The fourth-order valence-corrected chi connectivity index (χ4v) is 2.98. The van der Waals surface area contributed by atoms with Crippen LogP contribution in [0.2, 0.25) is 1.41 Å². The minimum Gasteiger partial charge on any atom is -0.480 e. The fourth-order valence-electron chi connectivity index (χ4n) is 2.98. The highest BCUT2D eigenvalue weighted by molar-refractivity contribution is 5.90. The molecular weight excluding hydrogens is 478 g/mol. The molecule has 206 valence electrons. The molecule has 0 heterocycles. The Morgan fingerprint density at radius 2 is 1.61 bits per heavy atom. The second-order valence-corrected chi connectivity index (χ2v) is 8.23. The number of esters is 1. The number of carboxylic acids is 2. The van der Waals surface area contributed by atoms with Crippen molar-refractivity contribution in [1.29, 1.82) is 0 Å². The molecule has 0 saturated heterocycles. The lowest BCUT2D eigenvalue weighted by molar-refractivity contribution is -0.142. The summed E-state index contributed by atoms with van der Waals surface area (Å²) < 4.78 is 12.6. The summed E-state index contributed by atoms with van der Waals surface area (Å²) in [5.41, 5.74) is 5.66. The van der Waals surface area contributed by atoms with Crippen LogP contribution in [0.15, 0.2) is 0 Å². The maximum absolute atomic E-state index is 12.6. The van der Waals surface area contributed by atoms with Crippen molar-refractivity contribution in [3.63, 3.8) is 0 Å². The number of carbonyl (C=O) groups excluding carboxylic acids is 4. The van der Waals surface area contributed by atoms with Crippen LogP contribution in [0.4, 0.5) is 4.79 Å². The Kier molecular flexibility index (Phi) is 15.2. The van der Waals surface area contributed by atoms with Crippen LogP contribution < -0.4 is 27.0 Å². The summed E-state index contributed by atoms with van der Waals surface area (Å²) >= 11 is 0. The molecule has 0 aliphatic rings. The van der Waals surface area contributed by atoms with Crippen molar-refractivity contribution in [3.05, 3.63) is 0 Å².